The molecule has 2 aromatic rings. The molecular weight excluding hydrogens is 392 g/mol. The number of nitrogens with zero attached hydrogens (tertiary/aromatic N) is 1. The van der Waals surface area contributed by atoms with Gasteiger partial charge in [0.1, 0.15) is 5.69 Å². The molecule has 138 valence electrons. The Morgan fingerprint density at radius 3 is 2.62 bits per heavy atom. The molecule has 0 spiro atoms. The van der Waals surface area contributed by atoms with Crippen molar-refractivity contribution in [3.8, 4) is 0 Å². The van der Waals surface area contributed by atoms with Gasteiger partial charge in [-0.1, -0.05) is 40.9 Å². The number of benzene rings is 1. The lowest BCUT2D eigenvalue weighted by Crippen LogP contribution is -2.45. The lowest BCUT2D eigenvalue weighted by atomic mass is 9.92. The van der Waals surface area contributed by atoms with Crippen molar-refractivity contribution >= 4 is 21.8 Å². The molecule has 1 amide bonds. The Bertz CT molecular complexity index is 789. The van der Waals surface area contributed by atoms with Crippen molar-refractivity contribution in [3.63, 3.8) is 0 Å². The number of hydrogen-bond donors (Lipinski definition) is 2. The lowest BCUT2D eigenvalue weighted by Gasteiger charge is -2.28. The summed E-state index contributed by atoms with van der Waals surface area (Å²) in [7, 11) is 0. The van der Waals surface area contributed by atoms with Gasteiger partial charge in [-0.05, 0) is 68.0 Å². The van der Waals surface area contributed by atoms with Crippen LogP contribution < -0.4 is 5.32 Å². The van der Waals surface area contributed by atoms with E-state index in [1.807, 2.05) is 32.0 Å². The Kier molecular flexibility index (Phi) is 6.09. The van der Waals surface area contributed by atoms with E-state index in [1.54, 1.807) is 0 Å². The first kappa shape index (κ1) is 19.1. The number of halogens is 1. The molecule has 26 heavy (non-hydrogen) atoms. The number of aromatic nitrogens is 1. The molecule has 4 nitrogen and oxygen atoms in total. The highest BCUT2D eigenvalue weighted by Gasteiger charge is 2.25. The predicted octanol–water partition coefficient (Wildman–Crippen LogP) is 4.09. The van der Waals surface area contributed by atoms with Crippen LogP contribution in [0.4, 0.5) is 0 Å². The monoisotopic (exact) mass is 416 g/mol. The number of aryl methyl sites for hydroxylation is 1. The average molecular weight is 417 g/mol. The molecule has 3 rings (SSSR count). The number of carbonyl (C=O) groups is 1. The number of amides is 1. The van der Waals surface area contributed by atoms with Gasteiger partial charge in [-0.3, -0.25) is 4.79 Å². The summed E-state index contributed by atoms with van der Waals surface area (Å²) in [6.45, 7) is 3.98. The third kappa shape index (κ3) is 4.51. The molecule has 0 aliphatic heterocycles. The van der Waals surface area contributed by atoms with Gasteiger partial charge in [-0.2, -0.15) is 0 Å². The van der Waals surface area contributed by atoms with Crippen molar-refractivity contribution in [3.05, 3.63) is 62.9 Å². The number of rotatable bonds is 4. The first-order chi connectivity index (χ1) is 12.4. The van der Waals surface area contributed by atoms with E-state index < -0.39 is 6.10 Å². The summed E-state index contributed by atoms with van der Waals surface area (Å²) in [6, 6.07) is 9.92. The number of carbonyl (C=O) groups excluding carboxylic acids is 1. The minimum atomic E-state index is -0.457. The highest BCUT2D eigenvalue weighted by molar-refractivity contribution is 9.10. The quantitative estimate of drug-likeness (QED) is 0.788. The van der Waals surface area contributed by atoms with Gasteiger partial charge >= 0.3 is 0 Å². The van der Waals surface area contributed by atoms with Crippen LogP contribution in [0.1, 0.15) is 58.6 Å². The number of pyridine rings is 1. The fraction of sp³-hybridized carbons (Fsp3) is 0.429. The molecule has 0 saturated heterocycles. The van der Waals surface area contributed by atoms with Crippen molar-refractivity contribution in [1.82, 2.24) is 10.3 Å². The fourth-order valence-corrected chi connectivity index (χ4v) is 3.71. The van der Waals surface area contributed by atoms with Gasteiger partial charge in [0.05, 0.1) is 12.1 Å². The summed E-state index contributed by atoms with van der Waals surface area (Å²) in [4.78, 5) is 17.2. The number of hydrogen-bond acceptors (Lipinski definition) is 3. The van der Waals surface area contributed by atoms with Gasteiger partial charge in [-0.15, -0.1) is 0 Å². The SMILES string of the molecule is Cc1nc(C(=O)NC2CCCC[C@@H]2O)cc(Cc2ccc(Br)cc2)c1C. The van der Waals surface area contributed by atoms with Crippen LogP contribution in [0.5, 0.6) is 0 Å². The maximum atomic E-state index is 12.7. The molecule has 1 heterocycles. The second-order valence-electron chi connectivity index (χ2n) is 7.11. The normalized spacial score (nSPS) is 20.0. The maximum Gasteiger partial charge on any atom is 0.270 e. The van der Waals surface area contributed by atoms with Crippen LogP contribution in [0.2, 0.25) is 0 Å². The highest BCUT2D eigenvalue weighted by Crippen LogP contribution is 2.21. The van der Waals surface area contributed by atoms with Crippen molar-refractivity contribution in [2.24, 2.45) is 0 Å². The van der Waals surface area contributed by atoms with E-state index in [9.17, 15) is 9.90 Å². The molecule has 1 fully saturated rings. The van der Waals surface area contributed by atoms with E-state index in [4.69, 9.17) is 0 Å². The van der Waals surface area contributed by atoms with E-state index >= 15 is 0 Å². The first-order valence-electron chi connectivity index (χ1n) is 9.14. The zero-order valence-electron chi connectivity index (χ0n) is 15.3. The summed E-state index contributed by atoms with van der Waals surface area (Å²) >= 11 is 3.46. The lowest BCUT2D eigenvalue weighted by molar-refractivity contribution is 0.0713. The minimum absolute atomic E-state index is 0.172. The summed E-state index contributed by atoms with van der Waals surface area (Å²) in [5, 5.41) is 13.1. The van der Waals surface area contributed by atoms with E-state index in [1.165, 1.54) is 5.56 Å². The van der Waals surface area contributed by atoms with Crippen LogP contribution >= 0.6 is 15.9 Å². The number of aliphatic hydroxyl groups excluding tert-OH is 1. The summed E-state index contributed by atoms with van der Waals surface area (Å²) in [5.74, 6) is -0.198. The second kappa shape index (κ2) is 8.31. The maximum absolute atomic E-state index is 12.7. The van der Waals surface area contributed by atoms with E-state index in [0.29, 0.717) is 5.69 Å². The van der Waals surface area contributed by atoms with Gasteiger partial charge in [0.2, 0.25) is 0 Å². The second-order valence-corrected chi connectivity index (χ2v) is 8.03. The molecule has 5 heteroatoms. The molecule has 1 aromatic carbocycles. The zero-order valence-corrected chi connectivity index (χ0v) is 16.8. The molecule has 0 bridgehead atoms. The Balaban J connectivity index is 1.80. The molecule has 1 aromatic heterocycles. The Hall–Kier alpha value is -1.72. The number of aliphatic hydroxyl groups is 1. The van der Waals surface area contributed by atoms with Crippen LogP contribution in [0.25, 0.3) is 0 Å². The molecule has 1 saturated carbocycles. The third-order valence-electron chi connectivity index (χ3n) is 5.21. The topological polar surface area (TPSA) is 62.2 Å². The fourth-order valence-electron chi connectivity index (χ4n) is 3.45. The third-order valence-corrected chi connectivity index (χ3v) is 5.74. The number of nitrogens with one attached hydrogen (secondary N) is 1. The van der Waals surface area contributed by atoms with E-state index in [2.05, 4.69) is 38.4 Å². The Morgan fingerprint density at radius 1 is 1.23 bits per heavy atom. The van der Waals surface area contributed by atoms with E-state index in [0.717, 1.165) is 53.4 Å². The van der Waals surface area contributed by atoms with Crippen molar-refractivity contribution < 1.29 is 9.90 Å². The molecule has 1 aliphatic carbocycles. The molecule has 0 radical (unpaired) electrons. The van der Waals surface area contributed by atoms with Crippen LogP contribution in [0.15, 0.2) is 34.8 Å². The van der Waals surface area contributed by atoms with Crippen molar-refractivity contribution in [2.45, 2.75) is 58.1 Å². The molecule has 2 N–H and O–H groups in total. The summed E-state index contributed by atoms with van der Waals surface area (Å²) in [6.07, 6.45) is 3.93. The Labute approximate surface area is 163 Å². The van der Waals surface area contributed by atoms with Crippen LogP contribution in [0, 0.1) is 13.8 Å². The average Bonchev–Trinajstić information content (AvgIpc) is 2.62. The largest absolute Gasteiger partial charge is 0.391 e. The van der Waals surface area contributed by atoms with Crippen molar-refractivity contribution in [1.29, 1.82) is 0 Å². The molecule has 2 atom stereocenters. The molecule has 1 unspecified atom stereocenters. The van der Waals surface area contributed by atoms with Crippen LogP contribution in [-0.4, -0.2) is 28.1 Å². The zero-order chi connectivity index (χ0) is 18.7. The smallest absolute Gasteiger partial charge is 0.270 e. The van der Waals surface area contributed by atoms with Gasteiger partial charge in [0.25, 0.3) is 5.91 Å². The van der Waals surface area contributed by atoms with Gasteiger partial charge in [-0.25, -0.2) is 4.98 Å². The first-order valence-corrected chi connectivity index (χ1v) is 9.94. The summed E-state index contributed by atoms with van der Waals surface area (Å²) < 4.78 is 1.05. The standard InChI is InChI=1S/C21H25BrN2O2/c1-13-14(2)23-19(21(26)24-18-5-3-4-6-20(18)25)12-16(13)11-15-7-9-17(22)10-8-15/h7-10,12,18,20,25H,3-6,11H2,1-2H3,(H,24,26)/t18?,20-/m0/s1. The van der Waals surface area contributed by atoms with Crippen LogP contribution in [-0.2, 0) is 6.42 Å². The van der Waals surface area contributed by atoms with Gasteiger partial charge < -0.3 is 10.4 Å². The van der Waals surface area contributed by atoms with Gasteiger partial charge in [0.15, 0.2) is 0 Å². The summed E-state index contributed by atoms with van der Waals surface area (Å²) in [5.41, 5.74) is 4.71. The molecular formula is C21H25BrN2O2. The Morgan fingerprint density at radius 2 is 1.92 bits per heavy atom. The highest BCUT2D eigenvalue weighted by atomic mass is 79.9. The minimum Gasteiger partial charge on any atom is -0.391 e. The van der Waals surface area contributed by atoms with E-state index in [-0.39, 0.29) is 11.9 Å². The van der Waals surface area contributed by atoms with Crippen LogP contribution in [0.3, 0.4) is 0 Å². The van der Waals surface area contributed by atoms with Gasteiger partial charge in [0, 0.05) is 10.2 Å². The molecule has 1 aliphatic rings. The van der Waals surface area contributed by atoms with Crippen molar-refractivity contribution in [2.75, 3.05) is 0 Å². The predicted molar refractivity (Wildman–Crippen MR) is 106 cm³/mol.